The third kappa shape index (κ3) is 3.68. The van der Waals surface area contributed by atoms with Crippen molar-refractivity contribution in [3.05, 3.63) is 48.0 Å². The molecule has 0 atom stereocenters. The maximum Gasteiger partial charge on any atom is 0.573 e. The van der Waals surface area contributed by atoms with Crippen LogP contribution >= 0.6 is 0 Å². The van der Waals surface area contributed by atoms with Gasteiger partial charge in [0.15, 0.2) is 5.69 Å². The van der Waals surface area contributed by atoms with Crippen molar-refractivity contribution in [3.8, 4) is 16.9 Å². The molecule has 8 heteroatoms. The second kappa shape index (κ2) is 5.39. The van der Waals surface area contributed by atoms with Crippen LogP contribution in [0.25, 0.3) is 11.1 Å². The summed E-state index contributed by atoms with van der Waals surface area (Å²) in [5, 5.41) is 8.97. The number of carboxylic acid groups (broad SMARTS) is 1. The number of aromatic carboxylic acids is 1. The molecular weight excluding hydrogens is 294 g/mol. The number of aromatic nitrogens is 1. The first-order valence-corrected chi connectivity index (χ1v) is 5.52. The minimum atomic E-state index is -4.87. The van der Waals surface area contributed by atoms with Crippen LogP contribution in [-0.4, -0.2) is 22.4 Å². The molecule has 110 valence electrons. The van der Waals surface area contributed by atoms with Gasteiger partial charge < -0.3 is 9.84 Å². The molecule has 1 N–H and O–H groups in total. The third-order valence-electron chi connectivity index (χ3n) is 2.44. The van der Waals surface area contributed by atoms with Crippen LogP contribution in [0.15, 0.2) is 36.4 Å². The summed E-state index contributed by atoms with van der Waals surface area (Å²) in [4.78, 5) is 14.2. The molecule has 2 rings (SSSR count). The van der Waals surface area contributed by atoms with Gasteiger partial charge >= 0.3 is 12.3 Å². The van der Waals surface area contributed by atoms with E-state index in [2.05, 4.69) is 9.72 Å². The van der Waals surface area contributed by atoms with Gasteiger partial charge in [-0.25, -0.2) is 9.78 Å². The Labute approximate surface area is 115 Å². The Balaban J connectivity index is 2.48. The molecule has 0 aliphatic carbocycles. The van der Waals surface area contributed by atoms with E-state index in [1.807, 2.05) is 0 Å². The SMILES string of the molecule is O=C(O)c1nc(F)ccc1-c1cccc(OC(F)(F)F)c1. The molecule has 4 nitrogen and oxygen atoms in total. The van der Waals surface area contributed by atoms with Crippen molar-refractivity contribution in [2.45, 2.75) is 6.36 Å². The highest BCUT2D eigenvalue weighted by Crippen LogP contribution is 2.29. The molecule has 2 aromatic rings. The topological polar surface area (TPSA) is 59.4 Å². The molecule has 0 spiro atoms. The lowest BCUT2D eigenvalue weighted by atomic mass is 10.0. The summed E-state index contributed by atoms with van der Waals surface area (Å²) in [7, 11) is 0. The predicted octanol–water partition coefficient (Wildman–Crippen LogP) is 3.48. The number of hydrogen-bond acceptors (Lipinski definition) is 3. The Morgan fingerprint density at radius 1 is 1.19 bits per heavy atom. The summed E-state index contributed by atoms with van der Waals surface area (Å²) in [5.41, 5.74) is -0.502. The van der Waals surface area contributed by atoms with Gasteiger partial charge in [-0.1, -0.05) is 12.1 Å². The second-order valence-electron chi connectivity index (χ2n) is 3.91. The first-order valence-electron chi connectivity index (χ1n) is 5.52. The summed E-state index contributed by atoms with van der Waals surface area (Å²) >= 11 is 0. The summed E-state index contributed by atoms with van der Waals surface area (Å²) in [6, 6.07) is 6.72. The van der Waals surface area contributed by atoms with Gasteiger partial charge in [0.05, 0.1) is 0 Å². The van der Waals surface area contributed by atoms with Crippen LogP contribution in [0, 0.1) is 5.95 Å². The number of carbonyl (C=O) groups is 1. The standard InChI is InChI=1S/C13H7F4NO3/c14-10-5-4-9(11(18-10)12(19)20)7-2-1-3-8(6-7)21-13(15,16)17/h1-6H,(H,19,20). The average Bonchev–Trinajstić information content (AvgIpc) is 2.36. The van der Waals surface area contributed by atoms with Crippen LogP contribution in [0.2, 0.25) is 0 Å². The van der Waals surface area contributed by atoms with Crippen LogP contribution in [0.3, 0.4) is 0 Å². The first kappa shape index (κ1) is 14.8. The number of nitrogens with zero attached hydrogens (tertiary/aromatic N) is 1. The van der Waals surface area contributed by atoms with Gasteiger partial charge in [-0.3, -0.25) is 0 Å². The van der Waals surface area contributed by atoms with Crippen LogP contribution in [-0.2, 0) is 0 Å². The van der Waals surface area contributed by atoms with Crippen molar-refractivity contribution in [2.75, 3.05) is 0 Å². The minimum absolute atomic E-state index is 0.0171. The monoisotopic (exact) mass is 301 g/mol. The molecule has 0 aliphatic rings. The highest BCUT2D eigenvalue weighted by Gasteiger charge is 2.31. The highest BCUT2D eigenvalue weighted by molar-refractivity contribution is 5.93. The van der Waals surface area contributed by atoms with Crippen LogP contribution in [0.1, 0.15) is 10.5 Å². The van der Waals surface area contributed by atoms with E-state index in [0.717, 1.165) is 24.3 Å². The molecule has 0 bridgehead atoms. The number of carboxylic acids is 1. The fourth-order valence-corrected chi connectivity index (χ4v) is 1.69. The number of hydrogen-bond donors (Lipinski definition) is 1. The van der Waals surface area contributed by atoms with Crippen molar-refractivity contribution in [3.63, 3.8) is 0 Å². The summed E-state index contributed by atoms with van der Waals surface area (Å²) in [6.07, 6.45) is -4.87. The van der Waals surface area contributed by atoms with Crippen LogP contribution in [0.5, 0.6) is 5.75 Å². The molecular formula is C13H7F4NO3. The quantitative estimate of drug-likeness (QED) is 0.696. The number of ether oxygens (including phenoxy) is 1. The zero-order chi connectivity index (χ0) is 15.6. The van der Waals surface area contributed by atoms with E-state index in [1.165, 1.54) is 12.1 Å². The zero-order valence-corrected chi connectivity index (χ0v) is 10.2. The molecule has 1 aromatic carbocycles. The van der Waals surface area contributed by atoms with E-state index in [-0.39, 0.29) is 11.1 Å². The van der Waals surface area contributed by atoms with Gasteiger partial charge in [-0.2, -0.15) is 4.39 Å². The Kier molecular flexibility index (Phi) is 3.79. The predicted molar refractivity (Wildman–Crippen MR) is 63.3 cm³/mol. The van der Waals surface area contributed by atoms with E-state index >= 15 is 0 Å². The van der Waals surface area contributed by atoms with Crippen molar-refractivity contribution < 1.29 is 32.2 Å². The summed E-state index contributed by atoms with van der Waals surface area (Å²) in [6.45, 7) is 0. The number of rotatable bonds is 3. The molecule has 1 aromatic heterocycles. The fourth-order valence-electron chi connectivity index (χ4n) is 1.69. The van der Waals surface area contributed by atoms with Crippen molar-refractivity contribution >= 4 is 5.97 Å². The van der Waals surface area contributed by atoms with Gasteiger partial charge in [0.2, 0.25) is 5.95 Å². The lowest BCUT2D eigenvalue weighted by Crippen LogP contribution is -2.17. The molecule has 0 aliphatic heterocycles. The lowest BCUT2D eigenvalue weighted by Gasteiger charge is -2.11. The fraction of sp³-hybridized carbons (Fsp3) is 0.0769. The van der Waals surface area contributed by atoms with Gasteiger partial charge in [0, 0.05) is 5.56 Å². The van der Waals surface area contributed by atoms with Gasteiger partial charge in [0.1, 0.15) is 5.75 Å². The Bertz CT molecular complexity index is 685. The Morgan fingerprint density at radius 2 is 1.90 bits per heavy atom. The first-order chi connectivity index (χ1) is 9.76. The maximum absolute atomic E-state index is 13.0. The number of benzene rings is 1. The van der Waals surface area contributed by atoms with Crippen LogP contribution < -0.4 is 4.74 Å². The number of halogens is 4. The summed E-state index contributed by atoms with van der Waals surface area (Å²) in [5.74, 6) is -3.01. The highest BCUT2D eigenvalue weighted by atomic mass is 19.4. The Morgan fingerprint density at radius 3 is 2.52 bits per heavy atom. The van der Waals surface area contributed by atoms with Crippen LogP contribution in [0.4, 0.5) is 17.6 Å². The normalized spacial score (nSPS) is 11.2. The lowest BCUT2D eigenvalue weighted by molar-refractivity contribution is -0.274. The molecule has 0 saturated heterocycles. The molecule has 0 amide bonds. The second-order valence-corrected chi connectivity index (χ2v) is 3.91. The molecule has 0 saturated carbocycles. The molecule has 1 heterocycles. The van der Waals surface area contributed by atoms with Gasteiger partial charge in [-0.05, 0) is 29.8 Å². The van der Waals surface area contributed by atoms with Crippen molar-refractivity contribution in [1.29, 1.82) is 0 Å². The van der Waals surface area contributed by atoms with E-state index in [4.69, 9.17) is 5.11 Å². The Hall–Kier alpha value is -2.64. The number of pyridine rings is 1. The largest absolute Gasteiger partial charge is 0.573 e. The average molecular weight is 301 g/mol. The minimum Gasteiger partial charge on any atom is -0.476 e. The van der Waals surface area contributed by atoms with Gasteiger partial charge in [0.25, 0.3) is 0 Å². The molecule has 0 radical (unpaired) electrons. The molecule has 0 fully saturated rings. The molecule has 0 unspecified atom stereocenters. The van der Waals surface area contributed by atoms with Crippen molar-refractivity contribution in [1.82, 2.24) is 4.98 Å². The molecule has 21 heavy (non-hydrogen) atoms. The van der Waals surface area contributed by atoms with E-state index in [1.54, 1.807) is 0 Å². The smallest absolute Gasteiger partial charge is 0.476 e. The maximum atomic E-state index is 13.0. The van der Waals surface area contributed by atoms with Gasteiger partial charge in [-0.15, -0.1) is 13.2 Å². The number of alkyl halides is 3. The summed E-state index contributed by atoms with van der Waals surface area (Å²) < 4.78 is 53.2. The third-order valence-corrected chi connectivity index (χ3v) is 2.44. The van der Waals surface area contributed by atoms with E-state index in [0.29, 0.717) is 0 Å². The zero-order valence-electron chi connectivity index (χ0n) is 10.2. The van der Waals surface area contributed by atoms with E-state index in [9.17, 15) is 22.4 Å². The van der Waals surface area contributed by atoms with E-state index < -0.39 is 29.7 Å². The van der Waals surface area contributed by atoms with Crippen molar-refractivity contribution in [2.24, 2.45) is 0 Å².